The average molecular weight is 387 g/mol. The van der Waals surface area contributed by atoms with Crippen LogP contribution in [0.15, 0.2) is 54.7 Å². The lowest BCUT2D eigenvalue weighted by molar-refractivity contribution is -0.143. The van der Waals surface area contributed by atoms with Gasteiger partial charge in [-0.25, -0.2) is 0 Å². The summed E-state index contributed by atoms with van der Waals surface area (Å²) in [5, 5.41) is 10.4. The van der Waals surface area contributed by atoms with Crippen LogP contribution in [0.2, 0.25) is 0 Å². The molecule has 0 radical (unpaired) electrons. The number of fused-ring (bicyclic) bond motifs is 3. The number of aromatic nitrogens is 1. The summed E-state index contributed by atoms with van der Waals surface area (Å²) in [6.07, 6.45) is 7.59. The maximum atomic E-state index is 11.3. The van der Waals surface area contributed by atoms with E-state index in [1.807, 2.05) is 24.4 Å². The molecule has 0 bridgehead atoms. The molecule has 2 aromatic carbocycles. The second kappa shape index (κ2) is 7.18. The molecule has 1 N–H and O–H groups in total. The molecule has 1 aromatic heterocycles. The Morgan fingerprint density at radius 3 is 2.76 bits per heavy atom. The third-order valence-corrected chi connectivity index (χ3v) is 6.87. The fourth-order valence-corrected chi connectivity index (χ4v) is 5.16. The van der Waals surface area contributed by atoms with Gasteiger partial charge >= 0.3 is 5.97 Å². The molecule has 4 nitrogen and oxygen atoms in total. The van der Waals surface area contributed by atoms with Crippen LogP contribution in [0, 0.1) is 5.92 Å². The number of benzene rings is 2. The highest BCUT2D eigenvalue weighted by molar-refractivity contribution is 5.78. The van der Waals surface area contributed by atoms with Crippen LogP contribution in [0.25, 0.3) is 10.9 Å². The van der Waals surface area contributed by atoms with E-state index in [1.54, 1.807) is 0 Å². The van der Waals surface area contributed by atoms with Crippen molar-refractivity contribution in [2.45, 2.75) is 50.5 Å². The van der Waals surface area contributed by atoms with Gasteiger partial charge in [-0.3, -0.25) is 9.78 Å². The molecule has 29 heavy (non-hydrogen) atoms. The van der Waals surface area contributed by atoms with Gasteiger partial charge in [-0.15, -0.1) is 0 Å². The van der Waals surface area contributed by atoms with Crippen molar-refractivity contribution in [2.75, 3.05) is 0 Å². The predicted molar refractivity (Wildman–Crippen MR) is 112 cm³/mol. The quantitative estimate of drug-likeness (QED) is 0.662. The van der Waals surface area contributed by atoms with Crippen molar-refractivity contribution >= 4 is 16.9 Å². The van der Waals surface area contributed by atoms with Crippen molar-refractivity contribution in [2.24, 2.45) is 5.92 Å². The molecule has 148 valence electrons. The van der Waals surface area contributed by atoms with Crippen LogP contribution in [0.4, 0.5) is 0 Å². The Morgan fingerprint density at radius 2 is 1.93 bits per heavy atom. The minimum absolute atomic E-state index is 0.144. The van der Waals surface area contributed by atoms with Gasteiger partial charge in [0.2, 0.25) is 0 Å². The predicted octanol–water partition coefficient (Wildman–Crippen LogP) is 5.27. The molecule has 1 spiro atoms. The number of carboxylic acid groups (broad SMARTS) is 1. The summed E-state index contributed by atoms with van der Waals surface area (Å²) < 4.78 is 6.13. The Labute approximate surface area is 170 Å². The molecule has 1 heterocycles. The first-order chi connectivity index (χ1) is 14.1. The molecule has 4 heteroatoms. The number of hydrogen-bond acceptors (Lipinski definition) is 3. The number of pyridine rings is 1. The summed E-state index contributed by atoms with van der Waals surface area (Å²) in [7, 11) is 0. The van der Waals surface area contributed by atoms with E-state index in [1.165, 1.54) is 11.1 Å². The van der Waals surface area contributed by atoms with Crippen LogP contribution in [-0.2, 0) is 23.2 Å². The highest BCUT2D eigenvalue weighted by Crippen LogP contribution is 2.50. The molecular formula is C25H25NO3. The van der Waals surface area contributed by atoms with Crippen LogP contribution >= 0.6 is 0 Å². The van der Waals surface area contributed by atoms with Crippen LogP contribution in [0.1, 0.15) is 48.8 Å². The number of carbonyl (C=O) groups is 1. The van der Waals surface area contributed by atoms with Crippen molar-refractivity contribution in [3.63, 3.8) is 0 Å². The van der Waals surface area contributed by atoms with Gasteiger partial charge < -0.3 is 9.84 Å². The number of rotatable bonds is 4. The number of para-hydroxylation sites is 1. The first-order valence-electron chi connectivity index (χ1n) is 10.5. The Hall–Kier alpha value is -2.88. The van der Waals surface area contributed by atoms with E-state index in [4.69, 9.17) is 4.74 Å². The Bertz CT molecular complexity index is 1070. The summed E-state index contributed by atoms with van der Waals surface area (Å²) in [6, 6.07) is 16.7. The Morgan fingerprint density at radius 1 is 1.10 bits per heavy atom. The monoisotopic (exact) mass is 387 g/mol. The summed E-state index contributed by atoms with van der Waals surface area (Å²) in [5.74, 6) is 0.0715. The molecule has 0 atom stereocenters. The highest BCUT2D eigenvalue weighted by atomic mass is 16.5. The minimum Gasteiger partial charge on any atom is -0.489 e. The SMILES string of the molecule is O=C(O)C1CCC2(CCc3ccc(OCc4cnc5ccccc5c4)cc32)CC1. The summed E-state index contributed by atoms with van der Waals surface area (Å²) in [6.45, 7) is 0.491. The molecule has 0 saturated heterocycles. The largest absolute Gasteiger partial charge is 0.489 e. The number of hydrogen-bond donors (Lipinski definition) is 1. The molecule has 0 aliphatic heterocycles. The zero-order valence-electron chi connectivity index (χ0n) is 16.4. The van der Waals surface area contributed by atoms with Crippen LogP contribution in [-0.4, -0.2) is 16.1 Å². The van der Waals surface area contributed by atoms with Crippen molar-refractivity contribution in [1.82, 2.24) is 4.98 Å². The fraction of sp³-hybridized carbons (Fsp3) is 0.360. The van der Waals surface area contributed by atoms with E-state index >= 15 is 0 Å². The van der Waals surface area contributed by atoms with Gasteiger partial charge in [0.25, 0.3) is 0 Å². The van der Waals surface area contributed by atoms with E-state index in [0.717, 1.165) is 60.7 Å². The number of nitrogens with zero attached hydrogens (tertiary/aromatic N) is 1. The zero-order chi connectivity index (χ0) is 19.8. The highest BCUT2D eigenvalue weighted by Gasteiger charge is 2.42. The van der Waals surface area contributed by atoms with Gasteiger partial charge in [0.15, 0.2) is 0 Å². The lowest BCUT2D eigenvalue weighted by Gasteiger charge is -2.37. The maximum absolute atomic E-state index is 11.3. The fourth-order valence-electron chi connectivity index (χ4n) is 5.16. The molecule has 3 aromatic rings. The summed E-state index contributed by atoms with van der Waals surface area (Å²) in [4.78, 5) is 15.8. The van der Waals surface area contributed by atoms with Crippen molar-refractivity contribution in [1.29, 1.82) is 0 Å². The summed E-state index contributed by atoms with van der Waals surface area (Å²) >= 11 is 0. The van der Waals surface area contributed by atoms with Gasteiger partial charge in [0, 0.05) is 17.1 Å². The molecular weight excluding hydrogens is 362 g/mol. The second-order valence-electron chi connectivity index (χ2n) is 8.54. The van der Waals surface area contributed by atoms with E-state index in [2.05, 4.69) is 35.3 Å². The number of ether oxygens (including phenoxy) is 1. The molecule has 2 aliphatic carbocycles. The van der Waals surface area contributed by atoms with Crippen LogP contribution in [0.5, 0.6) is 5.75 Å². The average Bonchev–Trinajstić information content (AvgIpc) is 3.10. The molecule has 2 aliphatic rings. The smallest absolute Gasteiger partial charge is 0.306 e. The number of aliphatic carboxylic acids is 1. The van der Waals surface area contributed by atoms with Crippen LogP contribution in [0.3, 0.4) is 0 Å². The normalized spacial score (nSPS) is 23.2. The first-order valence-corrected chi connectivity index (χ1v) is 10.5. The van der Waals surface area contributed by atoms with Crippen LogP contribution < -0.4 is 4.74 Å². The topological polar surface area (TPSA) is 59.4 Å². The number of aryl methyl sites for hydroxylation is 1. The third-order valence-electron chi connectivity index (χ3n) is 6.87. The molecule has 5 rings (SSSR count). The molecule has 1 fully saturated rings. The van der Waals surface area contributed by atoms with Gasteiger partial charge in [-0.05, 0) is 79.3 Å². The molecule has 0 amide bonds. The Balaban J connectivity index is 1.33. The van der Waals surface area contributed by atoms with Gasteiger partial charge in [-0.2, -0.15) is 0 Å². The number of carboxylic acids is 1. The van der Waals surface area contributed by atoms with E-state index in [-0.39, 0.29) is 11.3 Å². The first kappa shape index (κ1) is 18.2. The van der Waals surface area contributed by atoms with Crippen molar-refractivity contribution < 1.29 is 14.6 Å². The Kier molecular flexibility index (Phi) is 4.50. The molecule has 0 unspecified atom stereocenters. The lowest BCUT2D eigenvalue weighted by atomic mass is 9.67. The lowest BCUT2D eigenvalue weighted by Crippen LogP contribution is -2.32. The van der Waals surface area contributed by atoms with Gasteiger partial charge in [0.1, 0.15) is 12.4 Å². The summed E-state index contributed by atoms with van der Waals surface area (Å²) in [5.41, 5.74) is 4.98. The zero-order valence-corrected chi connectivity index (χ0v) is 16.4. The van der Waals surface area contributed by atoms with E-state index < -0.39 is 5.97 Å². The van der Waals surface area contributed by atoms with E-state index in [0.29, 0.717) is 6.61 Å². The minimum atomic E-state index is -0.640. The maximum Gasteiger partial charge on any atom is 0.306 e. The van der Waals surface area contributed by atoms with E-state index in [9.17, 15) is 9.90 Å². The second-order valence-corrected chi connectivity index (χ2v) is 8.54. The van der Waals surface area contributed by atoms with Crippen molar-refractivity contribution in [3.05, 3.63) is 71.4 Å². The van der Waals surface area contributed by atoms with Gasteiger partial charge in [0.05, 0.1) is 11.4 Å². The third kappa shape index (κ3) is 3.37. The molecule has 1 saturated carbocycles. The van der Waals surface area contributed by atoms with Gasteiger partial charge in [-0.1, -0.05) is 24.3 Å². The van der Waals surface area contributed by atoms with Crippen molar-refractivity contribution in [3.8, 4) is 5.75 Å². The standard InChI is InChI=1S/C25H25NO3/c27-24(28)19-8-11-25(12-9-19)10-7-18-5-6-21(14-22(18)25)29-16-17-13-20-3-1-2-4-23(20)26-15-17/h1-6,13-15,19H,7-12,16H2,(H,27,28).